The molecule has 0 radical (unpaired) electrons. The number of methoxy groups -OCH3 is 1. The smallest absolute Gasteiger partial charge is 0.130 e. The van der Waals surface area contributed by atoms with Crippen molar-refractivity contribution in [3.63, 3.8) is 0 Å². The number of ether oxygens (including phenoxy) is 1. The second-order valence-corrected chi connectivity index (χ2v) is 4.82. The van der Waals surface area contributed by atoms with Gasteiger partial charge in [0, 0.05) is 45.0 Å². The lowest BCUT2D eigenvalue weighted by Gasteiger charge is -2.18. The molecule has 2 heterocycles. The Morgan fingerprint density at radius 1 is 1.56 bits per heavy atom. The minimum atomic E-state index is 0.397. The summed E-state index contributed by atoms with van der Waals surface area (Å²) in [6, 6.07) is 4.17. The molecule has 18 heavy (non-hydrogen) atoms. The molecule has 0 aromatic carbocycles. The summed E-state index contributed by atoms with van der Waals surface area (Å²) >= 11 is 0. The van der Waals surface area contributed by atoms with Crippen LogP contribution in [0.5, 0.6) is 0 Å². The van der Waals surface area contributed by atoms with E-state index in [-0.39, 0.29) is 0 Å². The first kappa shape index (κ1) is 13.3. The monoisotopic (exact) mass is 249 g/mol. The van der Waals surface area contributed by atoms with Crippen molar-refractivity contribution < 1.29 is 4.74 Å². The average Bonchev–Trinajstić information content (AvgIpc) is 2.85. The van der Waals surface area contributed by atoms with E-state index in [0.29, 0.717) is 6.10 Å². The molecule has 0 bridgehead atoms. The molecule has 1 fully saturated rings. The van der Waals surface area contributed by atoms with Gasteiger partial charge < -0.3 is 10.1 Å². The summed E-state index contributed by atoms with van der Waals surface area (Å²) in [5.74, 6) is 1.03. The summed E-state index contributed by atoms with van der Waals surface area (Å²) < 4.78 is 5.40. The molecular weight excluding hydrogens is 226 g/mol. The zero-order chi connectivity index (χ0) is 12.8. The maximum absolute atomic E-state index is 5.40. The zero-order valence-electron chi connectivity index (χ0n) is 11.4. The number of aromatic nitrogens is 1. The maximum atomic E-state index is 5.40. The second kappa shape index (κ2) is 6.71. The molecule has 100 valence electrons. The highest BCUT2D eigenvalue weighted by atomic mass is 16.5. The molecule has 0 amide bonds. The summed E-state index contributed by atoms with van der Waals surface area (Å²) in [6.07, 6.45) is 4.50. The van der Waals surface area contributed by atoms with Crippen LogP contribution >= 0.6 is 0 Å². The summed E-state index contributed by atoms with van der Waals surface area (Å²) in [5, 5.41) is 3.39. The molecule has 0 saturated carbocycles. The molecule has 1 atom stereocenters. The molecule has 1 aliphatic heterocycles. The number of pyridine rings is 1. The highest BCUT2D eigenvalue weighted by Gasteiger charge is 2.22. The van der Waals surface area contributed by atoms with Crippen molar-refractivity contribution in [1.82, 2.24) is 9.88 Å². The van der Waals surface area contributed by atoms with Crippen molar-refractivity contribution in [3.05, 3.63) is 23.9 Å². The first-order valence-electron chi connectivity index (χ1n) is 6.76. The van der Waals surface area contributed by atoms with Gasteiger partial charge in [0.2, 0.25) is 0 Å². The highest BCUT2D eigenvalue weighted by molar-refractivity contribution is 5.43. The third-order valence-corrected chi connectivity index (χ3v) is 3.39. The van der Waals surface area contributed by atoms with Gasteiger partial charge in [0.1, 0.15) is 5.82 Å². The normalized spacial score (nSPS) is 20.2. The number of nitrogens with one attached hydrogen (secondary N) is 1. The van der Waals surface area contributed by atoms with Gasteiger partial charge in [-0.3, -0.25) is 4.90 Å². The molecule has 2 rings (SSSR count). The molecule has 1 aromatic heterocycles. The number of nitrogens with zero attached hydrogens (tertiary/aromatic N) is 2. The molecule has 1 saturated heterocycles. The standard InChI is InChI=1S/C14H23N3O/c1-3-7-15-14-12(5-4-8-16-14)10-17-9-6-13(11-17)18-2/h4-5,8,13H,3,6-7,9-11H2,1-2H3,(H,15,16). The Morgan fingerprint density at radius 3 is 3.17 bits per heavy atom. The molecule has 0 aliphatic carbocycles. The highest BCUT2D eigenvalue weighted by Crippen LogP contribution is 2.19. The van der Waals surface area contributed by atoms with E-state index in [2.05, 4.69) is 28.2 Å². The van der Waals surface area contributed by atoms with Gasteiger partial charge in [-0.2, -0.15) is 0 Å². The van der Waals surface area contributed by atoms with Crippen LogP contribution in [0.2, 0.25) is 0 Å². The Hall–Kier alpha value is -1.13. The van der Waals surface area contributed by atoms with E-state index in [1.807, 2.05) is 12.3 Å². The van der Waals surface area contributed by atoms with Gasteiger partial charge in [-0.25, -0.2) is 4.98 Å². The topological polar surface area (TPSA) is 37.4 Å². The molecular formula is C14H23N3O. The molecule has 1 aromatic rings. The van der Waals surface area contributed by atoms with Crippen LogP contribution < -0.4 is 5.32 Å². The molecule has 1 unspecified atom stereocenters. The number of anilines is 1. The third kappa shape index (κ3) is 3.43. The van der Waals surface area contributed by atoms with Crippen LogP contribution in [0, 0.1) is 0 Å². The van der Waals surface area contributed by atoms with Gasteiger partial charge in [0.05, 0.1) is 6.10 Å². The van der Waals surface area contributed by atoms with Crippen LogP contribution in [0.25, 0.3) is 0 Å². The number of hydrogen-bond donors (Lipinski definition) is 1. The zero-order valence-corrected chi connectivity index (χ0v) is 11.4. The fourth-order valence-corrected chi connectivity index (χ4v) is 2.34. The Labute approximate surface area is 109 Å². The van der Waals surface area contributed by atoms with Crippen molar-refractivity contribution in [1.29, 1.82) is 0 Å². The predicted molar refractivity (Wildman–Crippen MR) is 73.7 cm³/mol. The Morgan fingerprint density at radius 2 is 2.44 bits per heavy atom. The van der Waals surface area contributed by atoms with Gasteiger partial charge in [0.15, 0.2) is 0 Å². The van der Waals surface area contributed by atoms with E-state index < -0.39 is 0 Å². The van der Waals surface area contributed by atoms with Crippen molar-refractivity contribution >= 4 is 5.82 Å². The van der Waals surface area contributed by atoms with E-state index in [0.717, 1.165) is 44.8 Å². The fourth-order valence-electron chi connectivity index (χ4n) is 2.34. The summed E-state index contributed by atoms with van der Waals surface area (Å²) in [4.78, 5) is 6.86. The van der Waals surface area contributed by atoms with Gasteiger partial charge in [-0.15, -0.1) is 0 Å². The lowest BCUT2D eigenvalue weighted by atomic mass is 10.2. The van der Waals surface area contributed by atoms with Gasteiger partial charge in [-0.05, 0) is 18.9 Å². The van der Waals surface area contributed by atoms with Crippen molar-refractivity contribution in [2.24, 2.45) is 0 Å². The number of likely N-dealkylation sites (tertiary alicyclic amines) is 1. The summed E-state index contributed by atoms with van der Waals surface area (Å²) in [6.45, 7) is 6.24. The van der Waals surface area contributed by atoms with Crippen LogP contribution in [-0.4, -0.2) is 42.7 Å². The van der Waals surface area contributed by atoms with E-state index >= 15 is 0 Å². The third-order valence-electron chi connectivity index (χ3n) is 3.39. The summed E-state index contributed by atoms with van der Waals surface area (Å²) in [5.41, 5.74) is 1.28. The Bertz CT molecular complexity index is 370. The molecule has 4 heteroatoms. The van der Waals surface area contributed by atoms with Gasteiger partial charge in [-0.1, -0.05) is 13.0 Å². The Kier molecular flexibility index (Phi) is 4.96. The molecule has 4 nitrogen and oxygen atoms in total. The van der Waals surface area contributed by atoms with Crippen LogP contribution in [0.3, 0.4) is 0 Å². The van der Waals surface area contributed by atoms with E-state index in [1.54, 1.807) is 7.11 Å². The SMILES string of the molecule is CCCNc1ncccc1CN1CCC(OC)C1. The van der Waals surface area contributed by atoms with Gasteiger partial charge in [0.25, 0.3) is 0 Å². The number of hydrogen-bond acceptors (Lipinski definition) is 4. The molecule has 1 aliphatic rings. The van der Waals surface area contributed by atoms with Crippen molar-refractivity contribution in [3.8, 4) is 0 Å². The van der Waals surface area contributed by atoms with E-state index in [1.165, 1.54) is 5.56 Å². The minimum Gasteiger partial charge on any atom is -0.380 e. The van der Waals surface area contributed by atoms with Crippen LogP contribution in [-0.2, 0) is 11.3 Å². The van der Waals surface area contributed by atoms with Crippen LogP contribution in [0.15, 0.2) is 18.3 Å². The van der Waals surface area contributed by atoms with E-state index in [9.17, 15) is 0 Å². The van der Waals surface area contributed by atoms with Crippen LogP contribution in [0.1, 0.15) is 25.3 Å². The van der Waals surface area contributed by atoms with Crippen molar-refractivity contribution in [2.75, 3.05) is 32.1 Å². The predicted octanol–water partition coefficient (Wildman–Crippen LogP) is 2.12. The minimum absolute atomic E-state index is 0.397. The van der Waals surface area contributed by atoms with Crippen LogP contribution in [0.4, 0.5) is 5.82 Å². The average molecular weight is 249 g/mol. The lowest BCUT2D eigenvalue weighted by Crippen LogP contribution is -2.23. The van der Waals surface area contributed by atoms with E-state index in [4.69, 9.17) is 4.74 Å². The van der Waals surface area contributed by atoms with Crippen molar-refractivity contribution in [2.45, 2.75) is 32.4 Å². The maximum Gasteiger partial charge on any atom is 0.130 e. The summed E-state index contributed by atoms with van der Waals surface area (Å²) in [7, 11) is 1.80. The largest absolute Gasteiger partial charge is 0.380 e. The first-order valence-corrected chi connectivity index (χ1v) is 6.76. The lowest BCUT2D eigenvalue weighted by molar-refractivity contribution is 0.107. The Balaban J connectivity index is 1.96. The number of rotatable bonds is 6. The van der Waals surface area contributed by atoms with Gasteiger partial charge >= 0.3 is 0 Å². The quantitative estimate of drug-likeness (QED) is 0.838. The molecule has 1 N–H and O–H groups in total. The second-order valence-electron chi connectivity index (χ2n) is 4.82. The fraction of sp³-hybridized carbons (Fsp3) is 0.643. The molecule has 0 spiro atoms. The first-order chi connectivity index (χ1) is 8.83.